The maximum absolute atomic E-state index is 13.1. The molecule has 6 rings (SSSR count). The van der Waals surface area contributed by atoms with Crippen LogP contribution < -0.4 is 10.1 Å². The molecule has 1 saturated heterocycles. The van der Waals surface area contributed by atoms with Crippen LogP contribution in [0.5, 0.6) is 5.75 Å². The summed E-state index contributed by atoms with van der Waals surface area (Å²) in [5, 5.41) is 7.66. The number of aromatic nitrogens is 4. The van der Waals surface area contributed by atoms with E-state index in [0.29, 0.717) is 24.0 Å². The van der Waals surface area contributed by atoms with Gasteiger partial charge >= 0.3 is 0 Å². The van der Waals surface area contributed by atoms with Crippen LogP contribution in [0.15, 0.2) is 30.6 Å². The highest BCUT2D eigenvalue weighted by Gasteiger charge is 2.34. The van der Waals surface area contributed by atoms with Gasteiger partial charge in [0.05, 0.1) is 43.5 Å². The molecule has 0 bridgehead atoms. The topological polar surface area (TPSA) is 94.4 Å². The Morgan fingerprint density at radius 2 is 2.00 bits per heavy atom. The Morgan fingerprint density at radius 3 is 2.80 bits per heavy atom. The minimum Gasteiger partial charge on any atom is -0.497 e. The zero-order valence-corrected chi connectivity index (χ0v) is 20.0. The SMILES string of the molecule is COc1ccc2c(c1)-c1nc(-n3ncc(C(=O)NCCN4CCOCC4)c3C3CC3)ncc1CC2. The molecule has 1 N–H and O–H groups in total. The number of morpholine rings is 1. The van der Waals surface area contributed by atoms with Gasteiger partial charge in [0.2, 0.25) is 0 Å². The molecule has 2 aliphatic carbocycles. The summed E-state index contributed by atoms with van der Waals surface area (Å²) in [5.41, 5.74) is 5.91. The van der Waals surface area contributed by atoms with Crippen LogP contribution in [0.3, 0.4) is 0 Å². The van der Waals surface area contributed by atoms with Gasteiger partial charge in [0, 0.05) is 43.9 Å². The number of carbonyl (C=O) groups excluding carboxylic acids is 1. The third-order valence-corrected chi connectivity index (χ3v) is 7.11. The maximum Gasteiger partial charge on any atom is 0.254 e. The normalized spacial score (nSPS) is 17.5. The van der Waals surface area contributed by atoms with Crippen LogP contribution in [-0.2, 0) is 17.6 Å². The van der Waals surface area contributed by atoms with Gasteiger partial charge in [-0.2, -0.15) is 5.10 Å². The molecule has 9 heteroatoms. The summed E-state index contributed by atoms with van der Waals surface area (Å²) in [4.78, 5) is 25.0. The Balaban J connectivity index is 1.27. The fraction of sp³-hybridized carbons (Fsp3) is 0.462. The van der Waals surface area contributed by atoms with Crippen molar-refractivity contribution in [2.24, 2.45) is 0 Å². The molecule has 3 aliphatic rings. The molecule has 2 fully saturated rings. The van der Waals surface area contributed by atoms with Crippen molar-refractivity contribution in [3.8, 4) is 23.0 Å². The first-order valence-electron chi connectivity index (χ1n) is 12.4. The lowest BCUT2D eigenvalue weighted by Gasteiger charge is -2.26. The summed E-state index contributed by atoms with van der Waals surface area (Å²) in [7, 11) is 1.68. The number of methoxy groups -OCH3 is 1. The van der Waals surface area contributed by atoms with Crippen LogP contribution in [0.2, 0.25) is 0 Å². The molecule has 3 aromatic rings. The summed E-state index contributed by atoms with van der Waals surface area (Å²) in [6.45, 7) is 4.74. The highest BCUT2D eigenvalue weighted by atomic mass is 16.5. The van der Waals surface area contributed by atoms with Crippen LogP contribution in [0, 0.1) is 0 Å². The van der Waals surface area contributed by atoms with Gasteiger partial charge in [-0.25, -0.2) is 14.6 Å². The van der Waals surface area contributed by atoms with E-state index in [1.165, 1.54) is 5.56 Å². The van der Waals surface area contributed by atoms with Crippen LogP contribution in [-0.4, -0.2) is 77.1 Å². The molecular formula is C26H30N6O3. The van der Waals surface area contributed by atoms with Gasteiger partial charge < -0.3 is 14.8 Å². The summed E-state index contributed by atoms with van der Waals surface area (Å²) in [6, 6.07) is 6.15. The van der Waals surface area contributed by atoms with Crippen LogP contribution >= 0.6 is 0 Å². The third-order valence-electron chi connectivity index (χ3n) is 7.11. The number of nitrogens with zero attached hydrogens (tertiary/aromatic N) is 5. The van der Waals surface area contributed by atoms with Gasteiger partial charge in [-0.05, 0) is 48.9 Å². The zero-order chi connectivity index (χ0) is 23.8. The molecule has 3 heterocycles. The second-order valence-corrected chi connectivity index (χ2v) is 9.41. The molecule has 2 aromatic heterocycles. The van der Waals surface area contributed by atoms with Gasteiger partial charge in [-0.15, -0.1) is 0 Å². The lowest BCUT2D eigenvalue weighted by Crippen LogP contribution is -2.41. The number of benzene rings is 1. The van der Waals surface area contributed by atoms with Crippen molar-refractivity contribution in [3.05, 3.63) is 53.0 Å². The molecule has 1 aromatic carbocycles. The molecule has 9 nitrogen and oxygen atoms in total. The number of ether oxygens (including phenoxy) is 2. The minimum atomic E-state index is -0.0838. The van der Waals surface area contributed by atoms with Crippen molar-refractivity contribution in [1.82, 2.24) is 30.0 Å². The highest BCUT2D eigenvalue weighted by Crippen LogP contribution is 2.42. The predicted molar refractivity (Wildman–Crippen MR) is 130 cm³/mol. The van der Waals surface area contributed by atoms with Crippen molar-refractivity contribution in [2.75, 3.05) is 46.5 Å². The van der Waals surface area contributed by atoms with Crippen molar-refractivity contribution in [1.29, 1.82) is 0 Å². The Kier molecular flexibility index (Phi) is 5.95. The third kappa shape index (κ3) is 4.41. The molecular weight excluding hydrogens is 444 g/mol. The first-order chi connectivity index (χ1) is 17.2. The molecule has 0 unspecified atom stereocenters. The van der Waals surface area contributed by atoms with Crippen molar-refractivity contribution < 1.29 is 14.3 Å². The second-order valence-electron chi connectivity index (χ2n) is 9.41. The number of carbonyl (C=O) groups is 1. The van der Waals surface area contributed by atoms with E-state index < -0.39 is 0 Å². The van der Waals surface area contributed by atoms with Crippen molar-refractivity contribution in [3.63, 3.8) is 0 Å². The Labute approximate surface area is 204 Å². The molecule has 0 atom stereocenters. The first-order valence-corrected chi connectivity index (χ1v) is 12.4. The average molecular weight is 475 g/mol. The van der Waals surface area contributed by atoms with Gasteiger partial charge in [0.1, 0.15) is 5.75 Å². The Morgan fingerprint density at radius 1 is 1.17 bits per heavy atom. The van der Waals surface area contributed by atoms with Crippen LogP contribution in [0.1, 0.15) is 45.9 Å². The Hall–Kier alpha value is -3.30. The van der Waals surface area contributed by atoms with E-state index in [1.54, 1.807) is 18.0 Å². The number of rotatable bonds is 7. The fourth-order valence-corrected chi connectivity index (χ4v) is 5.00. The lowest BCUT2D eigenvalue weighted by atomic mass is 9.90. The highest BCUT2D eigenvalue weighted by molar-refractivity contribution is 5.95. The van der Waals surface area contributed by atoms with Gasteiger partial charge in [-0.1, -0.05) is 6.07 Å². The van der Waals surface area contributed by atoms with Crippen molar-refractivity contribution in [2.45, 2.75) is 31.6 Å². The van der Waals surface area contributed by atoms with E-state index in [0.717, 1.165) is 86.8 Å². The molecule has 0 spiro atoms. The predicted octanol–water partition coefficient (Wildman–Crippen LogP) is 2.38. The van der Waals surface area contributed by atoms with E-state index in [-0.39, 0.29) is 5.91 Å². The van der Waals surface area contributed by atoms with Crippen LogP contribution in [0.25, 0.3) is 17.2 Å². The first kappa shape index (κ1) is 22.2. The molecule has 1 aliphatic heterocycles. The number of aryl methyl sites for hydroxylation is 2. The van der Waals surface area contributed by atoms with Gasteiger partial charge in [-0.3, -0.25) is 9.69 Å². The second kappa shape index (κ2) is 9.39. The number of nitrogens with one attached hydrogen (secondary N) is 1. The molecule has 0 radical (unpaired) electrons. The summed E-state index contributed by atoms with van der Waals surface area (Å²) >= 11 is 0. The quantitative estimate of drug-likeness (QED) is 0.562. The monoisotopic (exact) mass is 474 g/mol. The van der Waals surface area contributed by atoms with E-state index in [4.69, 9.17) is 14.5 Å². The molecule has 182 valence electrons. The summed E-state index contributed by atoms with van der Waals surface area (Å²) in [6.07, 6.45) is 7.52. The lowest BCUT2D eigenvalue weighted by molar-refractivity contribution is 0.0383. The largest absolute Gasteiger partial charge is 0.497 e. The molecule has 35 heavy (non-hydrogen) atoms. The number of hydrogen-bond acceptors (Lipinski definition) is 7. The number of fused-ring (bicyclic) bond motifs is 3. The number of hydrogen-bond donors (Lipinski definition) is 1. The maximum atomic E-state index is 13.1. The Bertz CT molecular complexity index is 1250. The summed E-state index contributed by atoms with van der Waals surface area (Å²) < 4.78 is 12.6. The zero-order valence-electron chi connectivity index (χ0n) is 20.0. The smallest absolute Gasteiger partial charge is 0.254 e. The molecule has 1 saturated carbocycles. The van der Waals surface area contributed by atoms with E-state index in [2.05, 4.69) is 26.4 Å². The van der Waals surface area contributed by atoms with E-state index >= 15 is 0 Å². The minimum absolute atomic E-state index is 0.0838. The fourth-order valence-electron chi connectivity index (χ4n) is 5.00. The summed E-state index contributed by atoms with van der Waals surface area (Å²) in [5.74, 6) is 1.54. The van der Waals surface area contributed by atoms with Gasteiger partial charge in [0.25, 0.3) is 11.9 Å². The van der Waals surface area contributed by atoms with E-state index in [9.17, 15) is 4.79 Å². The van der Waals surface area contributed by atoms with E-state index in [1.807, 2.05) is 18.3 Å². The standard InChI is InChI=1S/C26H30N6O3/c1-34-20-7-6-17-2-5-19-15-28-26(30-23(19)21(17)14-20)32-24(18-3-4-18)22(16-29-32)25(33)27-8-9-31-10-12-35-13-11-31/h6-7,14-16,18H,2-5,8-13H2,1H3,(H,27,33). The average Bonchev–Trinajstić information content (AvgIpc) is 3.65. The van der Waals surface area contributed by atoms with Crippen molar-refractivity contribution >= 4 is 5.91 Å². The van der Waals surface area contributed by atoms with Crippen LogP contribution in [0.4, 0.5) is 0 Å². The number of amides is 1. The molecule has 1 amide bonds. The van der Waals surface area contributed by atoms with Gasteiger partial charge in [0.15, 0.2) is 0 Å².